The van der Waals surface area contributed by atoms with Crippen molar-refractivity contribution >= 4 is 113 Å². The molecule has 1 aromatic rings. The summed E-state index contributed by atoms with van der Waals surface area (Å²) in [5.74, 6) is 3.24. The lowest BCUT2D eigenvalue weighted by molar-refractivity contribution is 0.440. The molecule has 5 nitrogen and oxygen atoms in total. The number of alkyl halides is 6. The summed E-state index contributed by atoms with van der Waals surface area (Å²) >= 11 is 20.9. The number of fused-ring (bicyclic) bond motifs is 1. The molecule has 27 heavy (non-hydrogen) atoms. The maximum absolute atomic E-state index is 5.96. The maximum atomic E-state index is 5.96. The van der Waals surface area contributed by atoms with Gasteiger partial charge in [0.25, 0.3) is 0 Å². The highest BCUT2D eigenvalue weighted by Crippen LogP contribution is 2.40. The summed E-state index contributed by atoms with van der Waals surface area (Å²) in [7, 11) is 0. The summed E-state index contributed by atoms with van der Waals surface area (Å²) in [6, 6.07) is 7.94. The van der Waals surface area contributed by atoms with Gasteiger partial charge in [-0.05, 0) is 25.1 Å². The number of rotatable bonds is 2. The lowest BCUT2D eigenvalue weighted by Gasteiger charge is -2.26. The van der Waals surface area contributed by atoms with Crippen LogP contribution in [-0.4, -0.2) is 22.5 Å². The Labute approximate surface area is 207 Å². The van der Waals surface area contributed by atoms with Gasteiger partial charge in [-0.3, -0.25) is 0 Å². The van der Waals surface area contributed by atoms with E-state index in [0.29, 0.717) is 17.5 Å². The molecule has 2 heterocycles. The molecule has 1 N–H and O–H groups in total. The van der Waals surface area contributed by atoms with Crippen molar-refractivity contribution in [3.8, 4) is 5.75 Å². The number of nitrogens with one attached hydrogen (secondary N) is 1. The number of ether oxygens (including phenoxy) is 1. The highest BCUT2D eigenvalue weighted by atomic mass is 80.0. The van der Waals surface area contributed by atoms with E-state index in [2.05, 4.69) is 123 Å². The van der Waals surface area contributed by atoms with E-state index in [9.17, 15) is 0 Å². The number of amidine groups is 2. The molecule has 2 aliphatic rings. The summed E-state index contributed by atoms with van der Waals surface area (Å²) < 4.78 is 4.54. The molecule has 1 aromatic carbocycles. The van der Waals surface area contributed by atoms with E-state index in [4.69, 9.17) is 4.74 Å². The molecule has 11 heteroatoms. The van der Waals surface area contributed by atoms with E-state index in [-0.39, 0.29) is 0 Å². The average Bonchev–Trinajstić information content (AvgIpc) is 2.95. The van der Waals surface area contributed by atoms with Gasteiger partial charge in [-0.2, -0.15) is 0 Å². The Hall–Kier alpha value is 0.320. The van der Waals surface area contributed by atoms with Crippen molar-refractivity contribution in [2.24, 2.45) is 9.98 Å². The third-order valence-corrected chi connectivity index (χ3v) is 5.81. The van der Waals surface area contributed by atoms with E-state index < -0.39 is 4.29 Å². The number of aliphatic imine (C=N–C) groups is 2. The first-order valence-electron chi connectivity index (χ1n) is 7.65. The highest BCUT2D eigenvalue weighted by molar-refractivity contribution is 9.40. The van der Waals surface area contributed by atoms with Crippen LogP contribution in [0.5, 0.6) is 5.75 Å². The van der Waals surface area contributed by atoms with Gasteiger partial charge in [0.1, 0.15) is 11.7 Å². The molecular formula is C16H12Br6N4O. The Morgan fingerprint density at radius 3 is 2.15 bits per heavy atom. The summed E-state index contributed by atoms with van der Waals surface area (Å²) in [6.07, 6.45) is 3.67. The van der Waals surface area contributed by atoms with Gasteiger partial charge in [0.05, 0.1) is 5.69 Å². The minimum atomic E-state index is -0.714. The first kappa shape index (κ1) is 22.0. The zero-order chi connectivity index (χ0) is 19.8. The van der Waals surface area contributed by atoms with Gasteiger partial charge in [0.15, 0.2) is 15.9 Å². The van der Waals surface area contributed by atoms with Gasteiger partial charge in [-0.1, -0.05) is 108 Å². The van der Waals surface area contributed by atoms with Gasteiger partial charge in [-0.25, -0.2) is 9.98 Å². The van der Waals surface area contributed by atoms with Crippen LogP contribution in [0.3, 0.4) is 0 Å². The molecule has 0 saturated carbocycles. The van der Waals surface area contributed by atoms with E-state index in [1.54, 1.807) is 0 Å². The SMILES string of the molecule is CCN1/C(=C\C=C2N=C(C(Br)(Br)Br)NC(C(Br)(Br)Br)=N2)Oc2ccccc21. The molecule has 2 aliphatic heterocycles. The zero-order valence-corrected chi connectivity index (χ0v) is 23.2. The minimum Gasteiger partial charge on any atom is -0.439 e. The summed E-state index contributed by atoms with van der Waals surface area (Å²) in [6.45, 7) is 2.87. The van der Waals surface area contributed by atoms with Crippen LogP contribution >= 0.6 is 95.6 Å². The Bertz CT molecular complexity index is 834. The molecule has 3 rings (SSSR count). The van der Waals surface area contributed by atoms with E-state index >= 15 is 0 Å². The second-order valence-electron chi connectivity index (χ2n) is 5.39. The lowest BCUT2D eigenvalue weighted by Crippen LogP contribution is -2.45. The molecule has 0 saturated heterocycles. The third kappa shape index (κ3) is 5.28. The Morgan fingerprint density at radius 2 is 1.59 bits per heavy atom. The summed E-state index contributed by atoms with van der Waals surface area (Å²) in [5.41, 5.74) is 1.05. The fourth-order valence-electron chi connectivity index (χ4n) is 2.41. The number of para-hydroxylation sites is 2. The quantitative estimate of drug-likeness (QED) is 0.344. The van der Waals surface area contributed by atoms with Crippen LogP contribution < -0.4 is 15.0 Å². The summed E-state index contributed by atoms with van der Waals surface area (Å²) in [5, 5.41) is 3.14. The van der Waals surface area contributed by atoms with Crippen molar-refractivity contribution in [1.82, 2.24) is 5.32 Å². The molecule has 0 aliphatic carbocycles. The number of anilines is 1. The van der Waals surface area contributed by atoms with Crippen LogP contribution in [0.2, 0.25) is 0 Å². The smallest absolute Gasteiger partial charge is 0.200 e. The molecule has 0 aromatic heterocycles. The number of allylic oxidation sites excluding steroid dienone is 2. The molecule has 0 atom stereocenters. The van der Waals surface area contributed by atoms with Crippen LogP contribution in [0, 0.1) is 0 Å². The van der Waals surface area contributed by atoms with E-state index in [1.807, 2.05) is 36.4 Å². The standard InChI is InChI=1S/C16H12Br6N4O/c1-2-26-9-5-3-4-6-10(9)27-12(26)8-7-11-23-13(15(17,18)19)25-14(24-11)16(20,21)22/h3-8H,2H2,1H3,(H,23,24,25)/b12-8+. The number of halogens is 6. The maximum Gasteiger partial charge on any atom is 0.200 e. The number of hydrogen-bond acceptors (Lipinski definition) is 5. The fourth-order valence-corrected chi connectivity index (χ4v) is 3.54. The largest absolute Gasteiger partial charge is 0.439 e. The Morgan fingerprint density at radius 1 is 1.00 bits per heavy atom. The fraction of sp³-hybridized carbons (Fsp3) is 0.250. The number of hydrogen-bond donors (Lipinski definition) is 1. The van der Waals surface area contributed by atoms with Gasteiger partial charge in [0, 0.05) is 12.6 Å². The van der Waals surface area contributed by atoms with Crippen molar-refractivity contribution in [2.45, 2.75) is 11.2 Å². The Balaban J connectivity index is 1.97. The predicted octanol–water partition coefficient (Wildman–Crippen LogP) is 6.67. The monoisotopic (exact) mass is 750 g/mol. The van der Waals surface area contributed by atoms with E-state index in [0.717, 1.165) is 23.9 Å². The second-order valence-corrected chi connectivity index (χ2v) is 18.9. The van der Waals surface area contributed by atoms with Crippen molar-refractivity contribution in [1.29, 1.82) is 0 Å². The molecule has 0 bridgehead atoms. The summed E-state index contributed by atoms with van der Waals surface area (Å²) in [4.78, 5) is 11.2. The number of benzene rings is 1. The van der Waals surface area contributed by atoms with Gasteiger partial charge in [-0.15, -0.1) is 0 Å². The van der Waals surface area contributed by atoms with Crippen LogP contribution in [0.1, 0.15) is 6.92 Å². The molecule has 0 spiro atoms. The first-order chi connectivity index (χ1) is 12.6. The molecule has 0 fully saturated rings. The number of nitrogens with zero attached hydrogens (tertiary/aromatic N) is 3. The normalized spacial score (nSPS) is 18.6. The first-order valence-corrected chi connectivity index (χ1v) is 12.4. The topological polar surface area (TPSA) is 49.2 Å². The van der Waals surface area contributed by atoms with Crippen molar-refractivity contribution < 1.29 is 4.74 Å². The van der Waals surface area contributed by atoms with E-state index in [1.165, 1.54) is 0 Å². The highest BCUT2D eigenvalue weighted by Gasteiger charge is 2.35. The second kappa shape index (κ2) is 8.59. The predicted molar refractivity (Wildman–Crippen MR) is 133 cm³/mol. The van der Waals surface area contributed by atoms with Gasteiger partial charge in [0.2, 0.25) is 5.88 Å². The van der Waals surface area contributed by atoms with Crippen molar-refractivity contribution in [2.75, 3.05) is 11.4 Å². The molecule has 0 unspecified atom stereocenters. The van der Waals surface area contributed by atoms with Crippen molar-refractivity contribution in [3.05, 3.63) is 48.1 Å². The van der Waals surface area contributed by atoms with Gasteiger partial charge >= 0.3 is 0 Å². The molecule has 0 amide bonds. The van der Waals surface area contributed by atoms with Crippen LogP contribution in [0.25, 0.3) is 0 Å². The van der Waals surface area contributed by atoms with Crippen LogP contribution in [0.15, 0.2) is 58.1 Å². The van der Waals surface area contributed by atoms with Crippen molar-refractivity contribution in [3.63, 3.8) is 0 Å². The Kier molecular flexibility index (Phi) is 7.00. The van der Waals surface area contributed by atoms with Gasteiger partial charge < -0.3 is 15.0 Å². The molecule has 144 valence electrons. The third-order valence-electron chi connectivity index (χ3n) is 3.55. The van der Waals surface area contributed by atoms with Crippen LogP contribution in [-0.2, 0) is 0 Å². The molecule has 0 radical (unpaired) electrons. The average molecular weight is 756 g/mol. The van der Waals surface area contributed by atoms with Crippen LogP contribution in [0.4, 0.5) is 5.69 Å². The zero-order valence-electron chi connectivity index (χ0n) is 13.7. The minimum absolute atomic E-state index is 0.507. The lowest BCUT2D eigenvalue weighted by atomic mass is 10.3. The molecular weight excluding hydrogens is 744 g/mol.